The van der Waals surface area contributed by atoms with Crippen LogP contribution in [0.25, 0.3) is 0 Å². The Morgan fingerprint density at radius 1 is 1.33 bits per heavy atom. The van der Waals surface area contributed by atoms with Gasteiger partial charge in [0.2, 0.25) is 0 Å². The first-order chi connectivity index (χ1) is 11.6. The number of nitrogens with zero attached hydrogens (tertiary/aromatic N) is 2. The predicted octanol–water partition coefficient (Wildman–Crippen LogP) is 2.90. The largest absolute Gasteiger partial charge is 0.478 e. The second-order valence-electron chi connectivity index (χ2n) is 5.81. The summed E-state index contributed by atoms with van der Waals surface area (Å²) in [5, 5.41) is 14.4. The molecule has 0 unspecified atom stereocenters. The molecule has 1 amide bonds. The van der Waals surface area contributed by atoms with Gasteiger partial charge < -0.3 is 15.3 Å². The van der Waals surface area contributed by atoms with Crippen molar-refractivity contribution in [3.05, 3.63) is 46.5 Å². The van der Waals surface area contributed by atoms with Gasteiger partial charge in [0.05, 0.1) is 5.56 Å². The van der Waals surface area contributed by atoms with E-state index in [0.717, 1.165) is 30.1 Å². The van der Waals surface area contributed by atoms with Crippen LogP contribution in [0.3, 0.4) is 0 Å². The van der Waals surface area contributed by atoms with Crippen LogP contribution in [-0.4, -0.2) is 47.0 Å². The Balaban J connectivity index is 1.71. The van der Waals surface area contributed by atoms with E-state index in [1.807, 2.05) is 17.0 Å². The molecule has 0 radical (unpaired) electrons. The zero-order valence-corrected chi connectivity index (χ0v) is 14.2. The lowest BCUT2D eigenvalue weighted by Crippen LogP contribution is -2.39. The highest BCUT2D eigenvalue weighted by molar-refractivity contribution is 7.13. The molecule has 2 heterocycles. The highest BCUT2D eigenvalue weighted by Gasteiger charge is 2.26. The molecule has 0 bridgehead atoms. The molecule has 2 aromatic rings. The zero-order chi connectivity index (χ0) is 17.1. The van der Waals surface area contributed by atoms with Gasteiger partial charge in [-0.3, -0.25) is 4.79 Å². The van der Waals surface area contributed by atoms with Crippen molar-refractivity contribution < 1.29 is 14.7 Å². The number of likely N-dealkylation sites (tertiary alicyclic amines) is 1. The molecule has 0 aliphatic carbocycles. The fraction of sp³-hybridized carbons (Fsp3) is 0.353. The summed E-state index contributed by atoms with van der Waals surface area (Å²) in [6, 6.07) is 6.95. The lowest BCUT2D eigenvalue weighted by atomic mass is 9.90. The highest BCUT2D eigenvalue weighted by atomic mass is 32.1. The number of carbonyl (C=O) groups excluding carboxylic acids is 1. The van der Waals surface area contributed by atoms with Gasteiger partial charge in [-0.25, -0.2) is 9.78 Å². The van der Waals surface area contributed by atoms with E-state index in [1.165, 1.54) is 11.3 Å². The molecule has 1 aliphatic rings. The van der Waals surface area contributed by atoms with Gasteiger partial charge >= 0.3 is 5.97 Å². The SMILES string of the molecule is CNc1nc(C(=O)N2CCC[C@@H](c3ccc(C(=O)O)cc3)C2)cs1. The minimum Gasteiger partial charge on any atom is -0.478 e. The summed E-state index contributed by atoms with van der Waals surface area (Å²) in [5.74, 6) is -0.738. The van der Waals surface area contributed by atoms with E-state index in [0.29, 0.717) is 12.2 Å². The Morgan fingerprint density at radius 2 is 2.08 bits per heavy atom. The Kier molecular flexibility index (Phi) is 4.80. The molecular formula is C17H19N3O3S. The number of carboxylic acid groups (broad SMARTS) is 1. The molecule has 1 saturated heterocycles. The van der Waals surface area contributed by atoms with Gasteiger partial charge in [-0.05, 0) is 30.5 Å². The standard InChI is InChI=1S/C17H19N3O3S/c1-18-17-19-14(10-24-17)15(21)20-8-2-3-13(9-20)11-4-6-12(7-5-11)16(22)23/h4-7,10,13H,2-3,8-9H2,1H3,(H,18,19)(H,22,23)/t13-/m1/s1. The second-order valence-corrected chi connectivity index (χ2v) is 6.66. The van der Waals surface area contributed by atoms with Crippen LogP contribution in [0.15, 0.2) is 29.6 Å². The van der Waals surface area contributed by atoms with Crippen LogP contribution in [0.4, 0.5) is 5.13 Å². The maximum atomic E-state index is 12.6. The van der Waals surface area contributed by atoms with Crippen molar-refractivity contribution >= 4 is 28.3 Å². The van der Waals surface area contributed by atoms with Gasteiger partial charge in [0.25, 0.3) is 5.91 Å². The van der Waals surface area contributed by atoms with Crippen LogP contribution in [0, 0.1) is 0 Å². The van der Waals surface area contributed by atoms with E-state index in [9.17, 15) is 9.59 Å². The Labute approximate surface area is 144 Å². The van der Waals surface area contributed by atoms with Crippen LogP contribution in [0.5, 0.6) is 0 Å². The number of aromatic nitrogens is 1. The minimum atomic E-state index is -0.925. The molecule has 0 spiro atoms. The van der Waals surface area contributed by atoms with Gasteiger partial charge in [0.15, 0.2) is 5.13 Å². The number of thiazole rings is 1. The summed E-state index contributed by atoms with van der Waals surface area (Å²) in [4.78, 5) is 29.7. The Bertz CT molecular complexity index is 742. The first kappa shape index (κ1) is 16.4. The number of hydrogen-bond donors (Lipinski definition) is 2. The van der Waals surface area contributed by atoms with Crippen LogP contribution >= 0.6 is 11.3 Å². The van der Waals surface area contributed by atoms with Gasteiger partial charge in [-0.15, -0.1) is 11.3 Å². The van der Waals surface area contributed by atoms with E-state index >= 15 is 0 Å². The maximum absolute atomic E-state index is 12.6. The normalized spacial score (nSPS) is 17.5. The Hall–Kier alpha value is -2.41. The number of nitrogens with one attached hydrogen (secondary N) is 1. The number of aromatic carboxylic acids is 1. The van der Waals surface area contributed by atoms with Gasteiger partial charge in [-0.1, -0.05) is 12.1 Å². The second kappa shape index (κ2) is 7.00. The fourth-order valence-corrected chi connectivity index (χ4v) is 3.63. The molecule has 1 atom stereocenters. The van der Waals surface area contributed by atoms with Crippen LogP contribution in [-0.2, 0) is 0 Å². The topological polar surface area (TPSA) is 82.5 Å². The molecular weight excluding hydrogens is 326 g/mol. The van der Waals surface area contributed by atoms with Crippen LogP contribution in [0.1, 0.15) is 45.2 Å². The molecule has 3 rings (SSSR count). The fourth-order valence-electron chi connectivity index (χ4n) is 2.98. The number of benzene rings is 1. The number of amides is 1. The molecule has 1 aliphatic heterocycles. The Morgan fingerprint density at radius 3 is 2.71 bits per heavy atom. The third-order valence-electron chi connectivity index (χ3n) is 4.27. The highest BCUT2D eigenvalue weighted by Crippen LogP contribution is 2.28. The molecule has 2 N–H and O–H groups in total. The molecule has 7 heteroatoms. The van der Waals surface area contributed by atoms with E-state index in [1.54, 1.807) is 24.6 Å². The van der Waals surface area contributed by atoms with Crippen molar-refractivity contribution in [3.63, 3.8) is 0 Å². The molecule has 6 nitrogen and oxygen atoms in total. The van der Waals surface area contributed by atoms with Gasteiger partial charge in [-0.2, -0.15) is 0 Å². The number of rotatable bonds is 4. The maximum Gasteiger partial charge on any atom is 0.335 e. The zero-order valence-electron chi connectivity index (χ0n) is 13.4. The van der Waals surface area contributed by atoms with E-state index in [-0.39, 0.29) is 17.4 Å². The summed E-state index contributed by atoms with van der Waals surface area (Å²) in [6.07, 6.45) is 1.93. The molecule has 24 heavy (non-hydrogen) atoms. The number of anilines is 1. The lowest BCUT2D eigenvalue weighted by Gasteiger charge is -2.32. The van der Waals surface area contributed by atoms with Crippen molar-refractivity contribution in [1.29, 1.82) is 0 Å². The van der Waals surface area contributed by atoms with E-state index in [2.05, 4.69) is 10.3 Å². The van der Waals surface area contributed by atoms with E-state index < -0.39 is 5.97 Å². The first-order valence-electron chi connectivity index (χ1n) is 7.84. The average molecular weight is 345 g/mol. The molecule has 0 saturated carbocycles. The first-order valence-corrected chi connectivity index (χ1v) is 8.72. The minimum absolute atomic E-state index is 0.0420. The third-order valence-corrected chi connectivity index (χ3v) is 5.13. The molecule has 126 valence electrons. The van der Waals surface area contributed by atoms with Crippen molar-refractivity contribution in [2.45, 2.75) is 18.8 Å². The number of carboxylic acids is 1. The summed E-state index contributed by atoms with van der Waals surface area (Å²) >= 11 is 1.42. The monoisotopic (exact) mass is 345 g/mol. The quantitative estimate of drug-likeness (QED) is 0.890. The smallest absolute Gasteiger partial charge is 0.335 e. The third kappa shape index (κ3) is 3.41. The summed E-state index contributed by atoms with van der Waals surface area (Å²) < 4.78 is 0. The van der Waals surface area contributed by atoms with Gasteiger partial charge in [0.1, 0.15) is 5.69 Å². The average Bonchev–Trinajstić information content (AvgIpc) is 3.10. The van der Waals surface area contributed by atoms with Crippen LogP contribution < -0.4 is 5.32 Å². The summed E-state index contributed by atoms with van der Waals surface area (Å²) in [6.45, 7) is 1.37. The summed E-state index contributed by atoms with van der Waals surface area (Å²) in [7, 11) is 1.78. The summed E-state index contributed by atoms with van der Waals surface area (Å²) in [5.41, 5.74) is 1.84. The number of carbonyl (C=O) groups is 2. The van der Waals surface area contributed by atoms with Gasteiger partial charge in [0, 0.05) is 31.4 Å². The van der Waals surface area contributed by atoms with Crippen molar-refractivity contribution in [3.8, 4) is 0 Å². The molecule has 1 fully saturated rings. The van der Waals surface area contributed by atoms with Crippen molar-refractivity contribution in [2.75, 3.05) is 25.5 Å². The lowest BCUT2D eigenvalue weighted by molar-refractivity contribution is 0.0692. The number of hydrogen-bond acceptors (Lipinski definition) is 5. The van der Waals surface area contributed by atoms with E-state index in [4.69, 9.17) is 5.11 Å². The molecule has 1 aromatic carbocycles. The number of piperidine rings is 1. The van der Waals surface area contributed by atoms with Crippen molar-refractivity contribution in [2.24, 2.45) is 0 Å². The van der Waals surface area contributed by atoms with Crippen LogP contribution in [0.2, 0.25) is 0 Å². The predicted molar refractivity (Wildman–Crippen MR) is 92.9 cm³/mol. The molecule has 1 aromatic heterocycles. The van der Waals surface area contributed by atoms with Crippen molar-refractivity contribution in [1.82, 2.24) is 9.88 Å².